The number of hydrogen-bond donors (Lipinski definition) is 1. The van der Waals surface area contributed by atoms with Crippen molar-refractivity contribution in [2.75, 3.05) is 33.7 Å². The molecule has 1 aliphatic heterocycles. The molecular weight excluding hydrogens is 596 g/mol. The van der Waals surface area contributed by atoms with E-state index in [1.165, 1.54) is 33.1 Å². The first-order valence-corrected chi connectivity index (χ1v) is 14.8. The molecule has 1 atom stereocenters. The van der Waals surface area contributed by atoms with E-state index in [4.69, 9.17) is 29.4 Å². The largest absolute Gasteiger partial charge is 0.493 e. The Kier molecular flexibility index (Phi) is 9.54. The van der Waals surface area contributed by atoms with Gasteiger partial charge in [-0.1, -0.05) is 30.0 Å². The van der Waals surface area contributed by atoms with Gasteiger partial charge in [0.05, 0.1) is 45.2 Å². The highest BCUT2D eigenvalue weighted by molar-refractivity contribution is 7.99. The van der Waals surface area contributed by atoms with Gasteiger partial charge in [-0.3, -0.25) is 9.55 Å². The van der Waals surface area contributed by atoms with Crippen molar-refractivity contribution in [3.8, 4) is 40.4 Å². The molecule has 1 aliphatic rings. The molecule has 0 radical (unpaired) electrons. The number of carbonyl (C=O) groups excluding carboxylic acids is 1. The highest BCUT2D eigenvalue weighted by Gasteiger charge is 2.39. The first-order chi connectivity index (χ1) is 21.9. The van der Waals surface area contributed by atoms with E-state index >= 15 is 0 Å². The first kappa shape index (κ1) is 31.0. The number of aromatic nitrogens is 4. The topological polar surface area (TPSA) is 157 Å². The van der Waals surface area contributed by atoms with E-state index in [9.17, 15) is 10.1 Å². The molecule has 0 spiro atoms. The number of ether oxygens (including phenoxy) is 5. The number of nitriles is 1. The van der Waals surface area contributed by atoms with Crippen LogP contribution in [0.5, 0.6) is 17.2 Å². The summed E-state index contributed by atoms with van der Waals surface area (Å²) in [4.78, 5) is 17.8. The number of para-hydroxylation sites is 1. The molecule has 0 saturated heterocycles. The maximum atomic E-state index is 13.6. The third-order valence-corrected chi connectivity index (χ3v) is 7.84. The minimum absolute atomic E-state index is 0.0346. The lowest BCUT2D eigenvalue weighted by Crippen LogP contribution is -2.27. The second-order valence-corrected chi connectivity index (χ2v) is 10.4. The molecule has 5 rings (SSSR count). The molecule has 2 aromatic heterocycles. The second kappa shape index (κ2) is 13.9. The predicted octanol–water partition coefficient (Wildman–Crippen LogP) is 4.77. The van der Waals surface area contributed by atoms with Gasteiger partial charge >= 0.3 is 5.97 Å². The zero-order valence-electron chi connectivity index (χ0n) is 25.0. The number of allylic oxidation sites excluding steroid dienone is 1. The van der Waals surface area contributed by atoms with Gasteiger partial charge in [0.1, 0.15) is 17.4 Å². The third kappa shape index (κ3) is 6.13. The summed E-state index contributed by atoms with van der Waals surface area (Å²) in [5, 5.41) is 19.6. The maximum Gasteiger partial charge on any atom is 0.338 e. The number of rotatable bonds is 11. The highest BCUT2D eigenvalue weighted by Crippen LogP contribution is 2.46. The lowest BCUT2D eigenvalue weighted by Gasteiger charge is -2.28. The average Bonchev–Trinajstić information content (AvgIpc) is 3.51. The molecule has 12 nitrogen and oxygen atoms in total. The molecule has 0 amide bonds. The standard InChI is InChI=1S/C32H30N6O6S/c1-5-43-31(39)27-25(44-29(34)22(16-33)26(27)20-14-23(40-2)28(42-4)24(15-20)41-3)18-45-32-37-36-30(19-10-9-13-35-17-19)38(32)21-11-7-6-8-12-21/h6-15,17,26H,5,18,34H2,1-4H3. The van der Waals surface area contributed by atoms with Gasteiger partial charge in [-0.25, -0.2) is 4.79 Å². The van der Waals surface area contributed by atoms with Crippen LogP contribution < -0.4 is 19.9 Å². The number of hydrogen-bond acceptors (Lipinski definition) is 12. The Labute approximate surface area is 264 Å². The molecule has 1 unspecified atom stereocenters. The van der Waals surface area contributed by atoms with E-state index in [2.05, 4.69) is 21.3 Å². The van der Waals surface area contributed by atoms with Gasteiger partial charge in [0, 0.05) is 23.6 Å². The van der Waals surface area contributed by atoms with Gasteiger partial charge in [-0.2, -0.15) is 5.26 Å². The first-order valence-electron chi connectivity index (χ1n) is 13.8. The van der Waals surface area contributed by atoms with Crippen molar-refractivity contribution < 1.29 is 28.5 Å². The summed E-state index contributed by atoms with van der Waals surface area (Å²) in [5.41, 5.74) is 8.56. The van der Waals surface area contributed by atoms with E-state index in [-0.39, 0.29) is 35.1 Å². The molecule has 2 aromatic carbocycles. The molecule has 45 heavy (non-hydrogen) atoms. The van der Waals surface area contributed by atoms with Crippen molar-refractivity contribution in [2.45, 2.75) is 18.0 Å². The van der Waals surface area contributed by atoms with Crippen molar-refractivity contribution in [3.05, 3.63) is 95.3 Å². The predicted molar refractivity (Wildman–Crippen MR) is 166 cm³/mol. The molecule has 0 saturated carbocycles. The number of nitrogens with two attached hydrogens (primary N) is 1. The Morgan fingerprint density at radius 1 is 1.07 bits per heavy atom. The van der Waals surface area contributed by atoms with Crippen molar-refractivity contribution in [2.24, 2.45) is 5.73 Å². The molecule has 4 aromatic rings. The smallest absolute Gasteiger partial charge is 0.338 e. The lowest BCUT2D eigenvalue weighted by atomic mass is 9.82. The van der Waals surface area contributed by atoms with Crippen LogP contribution in [0.2, 0.25) is 0 Å². The summed E-state index contributed by atoms with van der Waals surface area (Å²) in [5.74, 6) is 0.180. The fraction of sp³-hybridized carbons (Fsp3) is 0.219. The minimum Gasteiger partial charge on any atom is -0.493 e. The number of esters is 1. The molecule has 3 heterocycles. The highest BCUT2D eigenvalue weighted by atomic mass is 32.2. The van der Waals surface area contributed by atoms with Crippen LogP contribution in [0.4, 0.5) is 0 Å². The summed E-state index contributed by atoms with van der Waals surface area (Å²) in [6, 6.07) is 18.8. The van der Waals surface area contributed by atoms with E-state index in [0.717, 1.165) is 11.3 Å². The van der Waals surface area contributed by atoms with Gasteiger partial charge in [-0.15, -0.1) is 10.2 Å². The Bertz CT molecular complexity index is 1770. The molecule has 0 aliphatic carbocycles. The Balaban J connectivity index is 1.63. The van der Waals surface area contributed by atoms with Crippen molar-refractivity contribution in [1.82, 2.24) is 19.7 Å². The molecule has 230 valence electrons. The van der Waals surface area contributed by atoms with E-state index in [1.54, 1.807) is 31.5 Å². The van der Waals surface area contributed by atoms with Crippen molar-refractivity contribution in [3.63, 3.8) is 0 Å². The van der Waals surface area contributed by atoms with Crippen LogP contribution in [0.25, 0.3) is 17.1 Å². The molecule has 0 bridgehead atoms. The van der Waals surface area contributed by atoms with Gasteiger partial charge in [0.25, 0.3) is 0 Å². The number of benzene rings is 2. The summed E-state index contributed by atoms with van der Waals surface area (Å²) in [6.45, 7) is 1.80. The lowest BCUT2D eigenvalue weighted by molar-refractivity contribution is -0.139. The fourth-order valence-corrected chi connectivity index (χ4v) is 5.84. The number of carbonyl (C=O) groups is 1. The quantitative estimate of drug-likeness (QED) is 0.180. The van der Waals surface area contributed by atoms with Crippen LogP contribution in [0.3, 0.4) is 0 Å². The van der Waals surface area contributed by atoms with E-state index in [0.29, 0.717) is 33.8 Å². The zero-order chi connectivity index (χ0) is 31.9. The van der Waals surface area contributed by atoms with Crippen LogP contribution in [-0.2, 0) is 14.3 Å². The summed E-state index contributed by atoms with van der Waals surface area (Å²) in [7, 11) is 4.45. The van der Waals surface area contributed by atoms with Crippen molar-refractivity contribution in [1.29, 1.82) is 5.26 Å². The summed E-state index contributed by atoms with van der Waals surface area (Å²) >= 11 is 1.28. The van der Waals surface area contributed by atoms with Crippen LogP contribution in [-0.4, -0.2) is 59.4 Å². The van der Waals surface area contributed by atoms with Gasteiger partial charge < -0.3 is 29.4 Å². The number of thioether (sulfide) groups is 1. The number of methoxy groups -OCH3 is 3. The molecule has 0 fully saturated rings. The van der Waals surface area contributed by atoms with Crippen molar-refractivity contribution >= 4 is 17.7 Å². The SMILES string of the molecule is CCOC(=O)C1=C(CSc2nnc(-c3cccnc3)n2-c2ccccc2)OC(N)=C(C#N)C1c1cc(OC)c(OC)c(OC)c1. The summed E-state index contributed by atoms with van der Waals surface area (Å²) in [6.07, 6.45) is 3.39. The second-order valence-electron chi connectivity index (χ2n) is 9.45. The van der Waals surface area contributed by atoms with E-state index < -0.39 is 11.9 Å². The number of nitrogens with zero attached hydrogens (tertiary/aromatic N) is 5. The molecule has 13 heteroatoms. The van der Waals surface area contributed by atoms with Gasteiger partial charge in [-0.05, 0) is 48.9 Å². The van der Waals surface area contributed by atoms with E-state index in [1.807, 2.05) is 47.0 Å². The molecule has 2 N–H and O–H groups in total. The summed E-state index contributed by atoms with van der Waals surface area (Å²) < 4.78 is 29.9. The van der Waals surface area contributed by atoms with Crippen LogP contribution in [0.15, 0.2) is 94.9 Å². The Morgan fingerprint density at radius 3 is 2.40 bits per heavy atom. The van der Waals surface area contributed by atoms with Crippen LogP contribution in [0.1, 0.15) is 18.4 Å². The third-order valence-electron chi connectivity index (χ3n) is 6.91. The Hall–Kier alpha value is -5.48. The maximum absolute atomic E-state index is 13.6. The minimum atomic E-state index is -0.954. The average molecular weight is 627 g/mol. The Morgan fingerprint density at radius 2 is 1.80 bits per heavy atom. The molecular formula is C32H30N6O6S. The van der Waals surface area contributed by atoms with Crippen LogP contribution >= 0.6 is 11.8 Å². The zero-order valence-corrected chi connectivity index (χ0v) is 25.8. The monoisotopic (exact) mass is 626 g/mol. The number of pyridine rings is 1. The normalized spacial score (nSPS) is 14.4. The van der Waals surface area contributed by atoms with Gasteiger partial charge in [0.15, 0.2) is 22.5 Å². The van der Waals surface area contributed by atoms with Crippen LogP contribution in [0, 0.1) is 11.3 Å². The fourth-order valence-electron chi connectivity index (χ4n) is 4.94. The van der Waals surface area contributed by atoms with Gasteiger partial charge in [0.2, 0.25) is 11.6 Å².